The first-order valence-corrected chi connectivity index (χ1v) is 5.77. The molecule has 1 aliphatic rings. The Kier molecular flexibility index (Phi) is 3.43. The van der Waals surface area contributed by atoms with Crippen LogP contribution in [0.2, 0.25) is 0 Å². The highest BCUT2D eigenvalue weighted by Gasteiger charge is 2.32. The van der Waals surface area contributed by atoms with Crippen LogP contribution in [0.5, 0.6) is 17.2 Å². The first-order valence-electron chi connectivity index (χ1n) is 5.77. The van der Waals surface area contributed by atoms with Crippen LogP contribution in [0.1, 0.15) is 24.4 Å². The van der Waals surface area contributed by atoms with Gasteiger partial charge in [0.05, 0.1) is 21.3 Å². The van der Waals surface area contributed by atoms with Gasteiger partial charge in [-0.05, 0) is 30.9 Å². The van der Waals surface area contributed by atoms with Gasteiger partial charge in [0.15, 0.2) is 11.5 Å². The van der Waals surface area contributed by atoms with Crippen LogP contribution in [0.3, 0.4) is 0 Å². The topological polar surface area (TPSA) is 53.7 Å². The lowest BCUT2D eigenvalue weighted by atomic mass is 10.0. The molecule has 1 saturated carbocycles. The van der Waals surface area contributed by atoms with E-state index in [1.54, 1.807) is 21.3 Å². The predicted molar refractivity (Wildman–Crippen MR) is 65.8 cm³/mol. The van der Waals surface area contributed by atoms with Crippen LogP contribution in [0.15, 0.2) is 12.1 Å². The van der Waals surface area contributed by atoms with Crippen molar-refractivity contribution in [3.05, 3.63) is 17.7 Å². The average molecular weight is 237 g/mol. The van der Waals surface area contributed by atoms with Crippen molar-refractivity contribution in [2.24, 2.45) is 11.7 Å². The van der Waals surface area contributed by atoms with E-state index in [0.29, 0.717) is 23.2 Å². The zero-order chi connectivity index (χ0) is 12.4. The Balaban J connectivity index is 2.44. The van der Waals surface area contributed by atoms with Gasteiger partial charge in [-0.1, -0.05) is 0 Å². The molecule has 17 heavy (non-hydrogen) atoms. The van der Waals surface area contributed by atoms with Crippen LogP contribution < -0.4 is 19.9 Å². The summed E-state index contributed by atoms with van der Waals surface area (Å²) in [5, 5.41) is 0. The van der Waals surface area contributed by atoms with Crippen molar-refractivity contribution in [3.63, 3.8) is 0 Å². The highest BCUT2D eigenvalue weighted by molar-refractivity contribution is 5.56. The van der Waals surface area contributed by atoms with Crippen molar-refractivity contribution < 1.29 is 14.2 Å². The SMILES string of the molecule is COc1ccc(C(N)C2CC2)c(OC)c1OC. The van der Waals surface area contributed by atoms with Crippen molar-refractivity contribution in [2.45, 2.75) is 18.9 Å². The summed E-state index contributed by atoms with van der Waals surface area (Å²) in [7, 11) is 4.84. The fourth-order valence-electron chi connectivity index (χ4n) is 2.10. The van der Waals surface area contributed by atoms with E-state index in [0.717, 1.165) is 5.56 Å². The standard InChI is InChI=1S/C13H19NO3/c1-15-10-7-6-9(11(14)8-4-5-8)12(16-2)13(10)17-3/h6-8,11H,4-5,14H2,1-3H3. The molecule has 0 saturated heterocycles. The third-order valence-corrected chi connectivity index (χ3v) is 3.22. The second-order valence-electron chi connectivity index (χ2n) is 4.29. The maximum absolute atomic E-state index is 6.22. The number of ether oxygens (including phenoxy) is 3. The van der Waals surface area contributed by atoms with E-state index >= 15 is 0 Å². The molecule has 1 fully saturated rings. The summed E-state index contributed by atoms with van der Waals surface area (Å²) >= 11 is 0. The Morgan fingerprint density at radius 3 is 2.18 bits per heavy atom. The summed E-state index contributed by atoms with van der Waals surface area (Å²) in [5.74, 6) is 2.54. The highest BCUT2D eigenvalue weighted by Crippen LogP contribution is 2.47. The number of nitrogens with two attached hydrogens (primary N) is 1. The number of benzene rings is 1. The first-order chi connectivity index (χ1) is 8.22. The minimum absolute atomic E-state index is 0.0183. The molecule has 0 amide bonds. The molecule has 0 radical (unpaired) electrons. The van der Waals surface area contributed by atoms with E-state index in [9.17, 15) is 0 Å². The van der Waals surface area contributed by atoms with Crippen LogP contribution in [-0.4, -0.2) is 21.3 Å². The van der Waals surface area contributed by atoms with Crippen LogP contribution >= 0.6 is 0 Å². The van der Waals surface area contributed by atoms with E-state index in [-0.39, 0.29) is 6.04 Å². The molecule has 0 spiro atoms. The van der Waals surface area contributed by atoms with Crippen molar-refractivity contribution in [1.29, 1.82) is 0 Å². The summed E-state index contributed by atoms with van der Waals surface area (Å²) in [6.45, 7) is 0. The fourth-order valence-corrected chi connectivity index (χ4v) is 2.10. The monoisotopic (exact) mass is 237 g/mol. The number of rotatable bonds is 5. The minimum atomic E-state index is 0.0183. The Morgan fingerprint density at radius 1 is 1.06 bits per heavy atom. The lowest BCUT2D eigenvalue weighted by molar-refractivity contribution is 0.320. The van der Waals surface area contributed by atoms with E-state index in [4.69, 9.17) is 19.9 Å². The van der Waals surface area contributed by atoms with Crippen molar-refractivity contribution in [1.82, 2.24) is 0 Å². The van der Waals surface area contributed by atoms with Crippen molar-refractivity contribution in [3.8, 4) is 17.2 Å². The van der Waals surface area contributed by atoms with E-state index < -0.39 is 0 Å². The summed E-state index contributed by atoms with van der Waals surface area (Å²) in [6.07, 6.45) is 2.39. The lowest BCUT2D eigenvalue weighted by Gasteiger charge is -2.19. The third-order valence-electron chi connectivity index (χ3n) is 3.22. The molecule has 4 nitrogen and oxygen atoms in total. The largest absolute Gasteiger partial charge is 0.493 e. The van der Waals surface area contributed by atoms with Crippen molar-refractivity contribution in [2.75, 3.05) is 21.3 Å². The molecule has 0 bridgehead atoms. The Bertz CT molecular complexity index is 402. The van der Waals surface area contributed by atoms with Gasteiger partial charge in [0.2, 0.25) is 5.75 Å². The fraction of sp³-hybridized carbons (Fsp3) is 0.538. The molecule has 94 valence electrons. The second kappa shape index (κ2) is 4.84. The quantitative estimate of drug-likeness (QED) is 0.852. The zero-order valence-corrected chi connectivity index (χ0v) is 10.5. The lowest BCUT2D eigenvalue weighted by Crippen LogP contribution is -2.14. The molecule has 2 N–H and O–H groups in total. The second-order valence-corrected chi connectivity index (χ2v) is 4.29. The van der Waals surface area contributed by atoms with Crippen molar-refractivity contribution >= 4 is 0 Å². The van der Waals surface area contributed by atoms with E-state index in [1.807, 2.05) is 12.1 Å². The number of hydrogen-bond acceptors (Lipinski definition) is 4. The Morgan fingerprint density at radius 2 is 1.71 bits per heavy atom. The molecule has 0 aromatic heterocycles. The van der Waals surface area contributed by atoms with Crippen LogP contribution in [-0.2, 0) is 0 Å². The van der Waals surface area contributed by atoms with Gasteiger partial charge >= 0.3 is 0 Å². The molecule has 1 atom stereocenters. The van der Waals surface area contributed by atoms with E-state index in [1.165, 1.54) is 12.8 Å². The van der Waals surface area contributed by atoms with Gasteiger partial charge in [0, 0.05) is 11.6 Å². The molecule has 1 aromatic carbocycles. The molecular formula is C13H19NO3. The van der Waals surface area contributed by atoms with Gasteiger partial charge in [0.1, 0.15) is 0 Å². The van der Waals surface area contributed by atoms with Gasteiger partial charge in [-0.2, -0.15) is 0 Å². The van der Waals surface area contributed by atoms with Gasteiger partial charge in [-0.15, -0.1) is 0 Å². The molecule has 0 aliphatic heterocycles. The van der Waals surface area contributed by atoms with Crippen LogP contribution in [0.25, 0.3) is 0 Å². The molecule has 1 unspecified atom stereocenters. The highest BCUT2D eigenvalue weighted by atomic mass is 16.5. The van der Waals surface area contributed by atoms with Gasteiger partial charge in [-0.25, -0.2) is 0 Å². The maximum Gasteiger partial charge on any atom is 0.203 e. The molecular weight excluding hydrogens is 218 g/mol. The van der Waals surface area contributed by atoms with Gasteiger partial charge in [-0.3, -0.25) is 0 Å². The smallest absolute Gasteiger partial charge is 0.203 e. The molecule has 1 aromatic rings. The molecule has 2 rings (SSSR count). The normalized spacial score (nSPS) is 16.5. The Labute approximate surface area is 102 Å². The zero-order valence-electron chi connectivity index (χ0n) is 10.5. The number of methoxy groups -OCH3 is 3. The number of hydrogen-bond donors (Lipinski definition) is 1. The van der Waals surface area contributed by atoms with E-state index in [2.05, 4.69) is 0 Å². The van der Waals surface area contributed by atoms with Gasteiger partial charge in [0.25, 0.3) is 0 Å². The molecule has 4 heteroatoms. The average Bonchev–Trinajstić information content (AvgIpc) is 3.20. The molecule has 1 aliphatic carbocycles. The predicted octanol–water partition coefficient (Wildman–Crippen LogP) is 2.12. The minimum Gasteiger partial charge on any atom is -0.493 e. The third kappa shape index (κ3) is 2.17. The van der Waals surface area contributed by atoms with Crippen LogP contribution in [0, 0.1) is 5.92 Å². The molecule has 0 heterocycles. The summed E-state index contributed by atoms with van der Waals surface area (Å²) in [5.41, 5.74) is 7.21. The Hall–Kier alpha value is -1.42. The first kappa shape index (κ1) is 12.0. The van der Waals surface area contributed by atoms with Crippen LogP contribution in [0.4, 0.5) is 0 Å². The summed E-state index contributed by atoms with van der Waals surface area (Å²) in [4.78, 5) is 0. The van der Waals surface area contributed by atoms with Gasteiger partial charge < -0.3 is 19.9 Å². The maximum atomic E-state index is 6.22. The summed E-state index contributed by atoms with van der Waals surface area (Å²) in [6, 6.07) is 3.85. The summed E-state index contributed by atoms with van der Waals surface area (Å²) < 4.78 is 16.0.